The highest BCUT2D eigenvalue weighted by Gasteiger charge is 2.10. The summed E-state index contributed by atoms with van der Waals surface area (Å²) in [6.45, 7) is 0. The van der Waals surface area contributed by atoms with Crippen molar-refractivity contribution >= 4 is 44.0 Å². The Balaban J connectivity index is 2.99. The number of nitriles is 1. The van der Waals surface area contributed by atoms with Crippen molar-refractivity contribution in [3.8, 4) is 11.8 Å². The molecule has 1 N–H and O–H groups in total. The van der Waals surface area contributed by atoms with Gasteiger partial charge in [-0.3, -0.25) is 0 Å². The Kier molecular flexibility index (Phi) is 2.14. The van der Waals surface area contributed by atoms with Gasteiger partial charge in [-0.1, -0.05) is 0 Å². The van der Waals surface area contributed by atoms with Gasteiger partial charge in [-0.05, 0) is 34.7 Å². The molecule has 2 aromatic rings. The van der Waals surface area contributed by atoms with Gasteiger partial charge in [0.1, 0.15) is 17.4 Å². The van der Waals surface area contributed by atoms with E-state index >= 15 is 0 Å². The van der Waals surface area contributed by atoms with Gasteiger partial charge in [0.15, 0.2) is 0 Å². The fourth-order valence-electron chi connectivity index (χ4n) is 1.20. The molecule has 0 aliphatic carbocycles. The van der Waals surface area contributed by atoms with E-state index in [0.717, 1.165) is 13.7 Å². The monoisotopic (exact) mass is 301 g/mol. The largest absolute Gasteiger partial charge is 0.507 e. The van der Waals surface area contributed by atoms with Crippen molar-refractivity contribution in [2.75, 3.05) is 0 Å². The highest BCUT2D eigenvalue weighted by Crippen LogP contribution is 2.34. The lowest BCUT2D eigenvalue weighted by Crippen LogP contribution is -1.78. The second-order valence-corrected chi connectivity index (χ2v) is 4.60. The summed E-state index contributed by atoms with van der Waals surface area (Å²) in [6.07, 6.45) is 0. The normalized spacial score (nSPS) is 10.2. The van der Waals surface area contributed by atoms with Crippen molar-refractivity contribution < 1.29 is 5.11 Å². The standard InChI is InChI=1S/C9H4INOS/c10-6-4-13-8-2-1-7(12)5(3-11)9(6)8/h1-2,4,12H. The van der Waals surface area contributed by atoms with E-state index in [0.29, 0.717) is 5.56 Å². The average Bonchev–Trinajstić information content (AvgIpc) is 2.49. The maximum atomic E-state index is 9.43. The second-order valence-electron chi connectivity index (χ2n) is 2.53. The van der Waals surface area contributed by atoms with Crippen LogP contribution in [0.2, 0.25) is 0 Å². The number of nitrogens with zero attached hydrogens (tertiary/aromatic N) is 1. The summed E-state index contributed by atoms with van der Waals surface area (Å²) in [7, 11) is 0. The average molecular weight is 301 g/mol. The van der Waals surface area contributed by atoms with Crippen LogP contribution in [0.3, 0.4) is 0 Å². The Morgan fingerprint density at radius 3 is 2.92 bits per heavy atom. The summed E-state index contributed by atoms with van der Waals surface area (Å²) in [6, 6.07) is 5.41. The summed E-state index contributed by atoms with van der Waals surface area (Å²) in [5.74, 6) is 0.0614. The van der Waals surface area contributed by atoms with Gasteiger partial charge < -0.3 is 5.11 Å². The van der Waals surface area contributed by atoms with E-state index in [1.54, 1.807) is 17.4 Å². The predicted octanol–water partition coefficient (Wildman–Crippen LogP) is 3.08. The van der Waals surface area contributed by atoms with Gasteiger partial charge in [-0.15, -0.1) is 11.3 Å². The number of benzene rings is 1. The molecule has 13 heavy (non-hydrogen) atoms. The van der Waals surface area contributed by atoms with Crippen LogP contribution in [0.25, 0.3) is 10.1 Å². The van der Waals surface area contributed by atoms with Gasteiger partial charge >= 0.3 is 0 Å². The van der Waals surface area contributed by atoms with Crippen molar-refractivity contribution in [3.05, 3.63) is 26.6 Å². The molecule has 0 bridgehead atoms. The molecule has 0 radical (unpaired) electrons. The minimum atomic E-state index is 0.0614. The minimum absolute atomic E-state index is 0.0614. The maximum absolute atomic E-state index is 9.43. The molecule has 1 aromatic carbocycles. The van der Waals surface area contributed by atoms with Crippen molar-refractivity contribution in [1.82, 2.24) is 0 Å². The molecule has 0 saturated heterocycles. The number of halogens is 1. The Hall–Kier alpha value is -0.800. The van der Waals surface area contributed by atoms with Crippen LogP contribution in [0.1, 0.15) is 5.56 Å². The summed E-state index contributed by atoms with van der Waals surface area (Å²) in [5.41, 5.74) is 0.378. The number of hydrogen-bond donors (Lipinski definition) is 1. The first-order valence-corrected chi connectivity index (χ1v) is 5.48. The summed E-state index contributed by atoms with van der Waals surface area (Å²) in [5, 5.41) is 21.1. The number of phenols is 1. The second kappa shape index (κ2) is 3.16. The molecule has 0 amide bonds. The van der Waals surface area contributed by atoms with Crippen LogP contribution in [0.5, 0.6) is 5.75 Å². The molecule has 0 unspecified atom stereocenters. The topological polar surface area (TPSA) is 44.0 Å². The van der Waals surface area contributed by atoms with Crippen molar-refractivity contribution in [3.63, 3.8) is 0 Å². The van der Waals surface area contributed by atoms with Gasteiger partial charge in [-0.2, -0.15) is 5.26 Å². The fraction of sp³-hybridized carbons (Fsp3) is 0. The van der Waals surface area contributed by atoms with Crippen LogP contribution in [0, 0.1) is 14.9 Å². The first kappa shape index (κ1) is 8.78. The Morgan fingerprint density at radius 2 is 2.23 bits per heavy atom. The van der Waals surface area contributed by atoms with Crippen LogP contribution in [0.4, 0.5) is 0 Å². The Bertz CT molecular complexity index is 512. The molecule has 2 rings (SSSR count). The van der Waals surface area contributed by atoms with E-state index in [9.17, 15) is 5.11 Å². The third-order valence-corrected chi connectivity index (χ3v) is 4.01. The highest BCUT2D eigenvalue weighted by molar-refractivity contribution is 14.1. The minimum Gasteiger partial charge on any atom is -0.507 e. The molecule has 1 aromatic heterocycles. The summed E-state index contributed by atoms with van der Waals surface area (Å²) >= 11 is 3.75. The van der Waals surface area contributed by atoms with E-state index < -0.39 is 0 Å². The van der Waals surface area contributed by atoms with E-state index in [1.807, 2.05) is 17.5 Å². The van der Waals surface area contributed by atoms with Crippen LogP contribution >= 0.6 is 33.9 Å². The smallest absolute Gasteiger partial charge is 0.134 e. The Morgan fingerprint density at radius 1 is 1.46 bits per heavy atom. The zero-order valence-corrected chi connectivity index (χ0v) is 9.39. The van der Waals surface area contributed by atoms with E-state index in [2.05, 4.69) is 22.6 Å². The van der Waals surface area contributed by atoms with Gasteiger partial charge in [0.2, 0.25) is 0 Å². The van der Waals surface area contributed by atoms with E-state index in [1.165, 1.54) is 0 Å². The molecule has 0 spiro atoms. The van der Waals surface area contributed by atoms with Crippen LogP contribution in [0.15, 0.2) is 17.5 Å². The highest BCUT2D eigenvalue weighted by atomic mass is 127. The van der Waals surface area contributed by atoms with Crippen molar-refractivity contribution in [2.45, 2.75) is 0 Å². The van der Waals surface area contributed by atoms with Gasteiger partial charge in [0.05, 0.1) is 0 Å². The summed E-state index contributed by atoms with van der Waals surface area (Å²) < 4.78 is 2.06. The van der Waals surface area contributed by atoms with Crippen LogP contribution < -0.4 is 0 Å². The predicted molar refractivity (Wildman–Crippen MR) is 60.9 cm³/mol. The SMILES string of the molecule is N#Cc1c(O)ccc2scc(I)c12. The molecule has 64 valence electrons. The lowest BCUT2D eigenvalue weighted by molar-refractivity contribution is 0.474. The molecule has 2 nitrogen and oxygen atoms in total. The van der Waals surface area contributed by atoms with Crippen LogP contribution in [-0.4, -0.2) is 5.11 Å². The molecule has 0 aliphatic rings. The van der Waals surface area contributed by atoms with Gasteiger partial charge in [0, 0.05) is 19.0 Å². The quantitative estimate of drug-likeness (QED) is 0.760. The number of rotatable bonds is 0. The number of fused-ring (bicyclic) bond motifs is 1. The molecule has 0 saturated carbocycles. The zero-order chi connectivity index (χ0) is 9.42. The molecule has 0 aliphatic heterocycles. The lowest BCUT2D eigenvalue weighted by Gasteiger charge is -1.97. The number of phenolic OH excluding ortho intramolecular Hbond substituents is 1. The van der Waals surface area contributed by atoms with E-state index in [-0.39, 0.29) is 5.75 Å². The van der Waals surface area contributed by atoms with Gasteiger partial charge in [0.25, 0.3) is 0 Å². The molecule has 0 atom stereocenters. The zero-order valence-electron chi connectivity index (χ0n) is 6.41. The fourth-order valence-corrected chi connectivity index (χ4v) is 3.14. The molecule has 1 heterocycles. The molecule has 4 heteroatoms. The first-order chi connectivity index (χ1) is 6.24. The molecule has 0 fully saturated rings. The third kappa shape index (κ3) is 1.28. The van der Waals surface area contributed by atoms with Gasteiger partial charge in [-0.25, -0.2) is 0 Å². The van der Waals surface area contributed by atoms with E-state index in [4.69, 9.17) is 5.26 Å². The van der Waals surface area contributed by atoms with Crippen molar-refractivity contribution in [1.29, 1.82) is 5.26 Å². The van der Waals surface area contributed by atoms with Crippen molar-refractivity contribution in [2.24, 2.45) is 0 Å². The number of aromatic hydroxyl groups is 1. The molecular weight excluding hydrogens is 297 g/mol. The number of hydrogen-bond acceptors (Lipinski definition) is 3. The third-order valence-electron chi connectivity index (χ3n) is 1.79. The lowest BCUT2D eigenvalue weighted by atomic mass is 10.1. The Labute approximate surface area is 92.6 Å². The van der Waals surface area contributed by atoms with Crippen LogP contribution in [-0.2, 0) is 0 Å². The maximum Gasteiger partial charge on any atom is 0.134 e. The first-order valence-electron chi connectivity index (χ1n) is 3.53. The molecular formula is C9H4INOS. The number of thiophene rings is 1. The summed E-state index contributed by atoms with van der Waals surface area (Å²) in [4.78, 5) is 0.